The van der Waals surface area contributed by atoms with Crippen molar-refractivity contribution in [2.24, 2.45) is 0 Å². The Bertz CT molecular complexity index is 800. The molecule has 0 bridgehead atoms. The summed E-state index contributed by atoms with van der Waals surface area (Å²) in [7, 11) is 1.99. The first-order valence-electron chi connectivity index (χ1n) is 7.29. The Morgan fingerprint density at radius 2 is 2.04 bits per heavy atom. The maximum Gasteiger partial charge on any atom is 0.173 e. The fourth-order valence-corrected chi connectivity index (χ4v) is 2.71. The SMILES string of the molecule is CNCc1ccon1.COc1ccc(S(=O)n2ccc(C=O)n2)cc1. The average Bonchev–Trinajstić information content (AvgIpc) is 3.34. The number of nitrogens with zero attached hydrogens (tertiary/aromatic N) is 3. The van der Waals surface area contributed by atoms with E-state index in [1.165, 1.54) is 16.4 Å². The zero-order valence-electron chi connectivity index (χ0n) is 13.8. The maximum absolute atomic E-state index is 12.0. The van der Waals surface area contributed by atoms with Crippen LogP contribution in [0.15, 0.2) is 58.3 Å². The standard InChI is InChI=1S/C11H10N2O3S.C5H8N2O/c1-16-10-2-4-11(5-3-10)17(15)13-7-6-9(8-14)12-13;1-6-4-5-2-3-8-7-5/h2-8H,1H3;2-3,6H,4H2,1H3. The quantitative estimate of drug-likeness (QED) is 0.666. The second-order valence-electron chi connectivity index (χ2n) is 4.71. The molecule has 0 aliphatic heterocycles. The van der Waals surface area contributed by atoms with Gasteiger partial charge < -0.3 is 14.6 Å². The molecule has 1 unspecified atom stereocenters. The van der Waals surface area contributed by atoms with Crippen LogP contribution in [0, 0.1) is 0 Å². The van der Waals surface area contributed by atoms with Gasteiger partial charge in [0.1, 0.15) is 17.7 Å². The molecule has 0 aliphatic rings. The monoisotopic (exact) mass is 362 g/mol. The van der Waals surface area contributed by atoms with Gasteiger partial charge in [0, 0.05) is 18.8 Å². The summed E-state index contributed by atoms with van der Waals surface area (Å²) in [5, 5.41) is 10.5. The van der Waals surface area contributed by atoms with Crippen LogP contribution in [0.5, 0.6) is 5.75 Å². The van der Waals surface area contributed by atoms with Crippen LogP contribution < -0.4 is 10.1 Å². The van der Waals surface area contributed by atoms with Gasteiger partial charge in [0.25, 0.3) is 0 Å². The molecule has 0 spiro atoms. The molecular formula is C16H18N4O4S. The summed E-state index contributed by atoms with van der Waals surface area (Å²) in [4.78, 5) is 11.1. The molecule has 2 aromatic heterocycles. The second-order valence-corrected chi connectivity index (χ2v) is 6.05. The highest BCUT2D eigenvalue weighted by Gasteiger charge is 2.08. The van der Waals surface area contributed by atoms with Gasteiger partial charge in [-0.15, -0.1) is 0 Å². The largest absolute Gasteiger partial charge is 0.497 e. The lowest BCUT2D eigenvalue weighted by atomic mass is 10.3. The third kappa shape index (κ3) is 5.37. The van der Waals surface area contributed by atoms with Crippen LogP contribution >= 0.6 is 0 Å². The molecular weight excluding hydrogens is 344 g/mol. The van der Waals surface area contributed by atoms with Crippen molar-refractivity contribution in [1.82, 2.24) is 19.7 Å². The Labute approximate surface area is 147 Å². The van der Waals surface area contributed by atoms with Crippen molar-refractivity contribution >= 4 is 17.3 Å². The highest BCUT2D eigenvalue weighted by Crippen LogP contribution is 2.15. The molecule has 1 aromatic carbocycles. The van der Waals surface area contributed by atoms with Crippen molar-refractivity contribution in [3.05, 3.63) is 60.2 Å². The first-order chi connectivity index (χ1) is 12.2. The summed E-state index contributed by atoms with van der Waals surface area (Å²) in [6.07, 6.45) is 3.68. The summed E-state index contributed by atoms with van der Waals surface area (Å²) in [5.74, 6) is 0.694. The third-order valence-electron chi connectivity index (χ3n) is 2.99. The molecule has 2 heterocycles. The van der Waals surface area contributed by atoms with Gasteiger partial charge >= 0.3 is 0 Å². The normalized spacial score (nSPS) is 11.3. The minimum absolute atomic E-state index is 0.256. The van der Waals surface area contributed by atoms with E-state index in [-0.39, 0.29) is 5.69 Å². The van der Waals surface area contributed by atoms with E-state index in [9.17, 15) is 9.00 Å². The van der Waals surface area contributed by atoms with Gasteiger partial charge in [-0.05, 0) is 37.4 Å². The summed E-state index contributed by atoms with van der Waals surface area (Å²) >= 11 is 0. The number of carbonyl (C=O) groups excluding carboxylic acids is 1. The predicted octanol–water partition coefficient (Wildman–Crippen LogP) is 1.67. The van der Waals surface area contributed by atoms with Crippen molar-refractivity contribution < 1.29 is 18.3 Å². The zero-order chi connectivity index (χ0) is 18.1. The molecule has 25 heavy (non-hydrogen) atoms. The summed E-state index contributed by atoms with van der Waals surface area (Å²) in [5.41, 5.74) is 1.19. The van der Waals surface area contributed by atoms with Crippen LogP contribution in [0.25, 0.3) is 0 Å². The van der Waals surface area contributed by atoms with Crippen molar-refractivity contribution in [3.8, 4) is 5.75 Å². The molecule has 8 nitrogen and oxygen atoms in total. The highest BCUT2D eigenvalue weighted by atomic mass is 32.2. The fourth-order valence-electron chi connectivity index (χ4n) is 1.79. The third-order valence-corrected chi connectivity index (χ3v) is 4.21. The van der Waals surface area contributed by atoms with Crippen LogP contribution in [0.1, 0.15) is 16.2 Å². The molecule has 0 saturated carbocycles. The summed E-state index contributed by atoms with van der Waals surface area (Å²) in [6, 6.07) is 10.2. The molecule has 0 radical (unpaired) electrons. The van der Waals surface area contributed by atoms with E-state index in [0.717, 1.165) is 12.2 Å². The van der Waals surface area contributed by atoms with Crippen molar-refractivity contribution in [2.45, 2.75) is 11.4 Å². The molecule has 3 aromatic rings. The van der Waals surface area contributed by atoms with E-state index in [0.29, 0.717) is 16.9 Å². The zero-order valence-corrected chi connectivity index (χ0v) is 14.6. The molecule has 9 heteroatoms. The van der Waals surface area contributed by atoms with Crippen molar-refractivity contribution in [2.75, 3.05) is 14.2 Å². The molecule has 3 rings (SSSR count). The average molecular weight is 362 g/mol. The lowest BCUT2D eigenvalue weighted by molar-refractivity contribution is 0.111. The minimum Gasteiger partial charge on any atom is -0.497 e. The van der Waals surface area contributed by atoms with Crippen molar-refractivity contribution in [3.63, 3.8) is 0 Å². The smallest absolute Gasteiger partial charge is 0.173 e. The number of carbonyl (C=O) groups is 1. The van der Waals surface area contributed by atoms with Gasteiger partial charge in [-0.2, -0.15) is 9.19 Å². The van der Waals surface area contributed by atoms with E-state index in [2.05, 4.69) is 20.1 Å². The molecule has 0 saturated heterocycles. The summed E-state index contributed by atoms with van der Waals surface area (Å²) < 4.78 is 22.9. The summed E-state index contributed by atoms with van der Waals surface area (Å²) in [6.45, 7) is 0.774. The number of methoxy groups -OCH3 is 1. The van der Waals surface area contributed by atoms with E-state index in [1.54, 1.807) is 37.6 Å². The van der Waals surface area contributed by atoms with E-state index in [1.807, 2.05) is 13.1 Å². The van der Waals surface area contributed by atoms with Gasteiger partial charge in [0.15, 0.2) is 17.3 Å². The van der Waals surface area contributed by atoms with E-state index < -0.39 is 11.0 Å². The number of aldehydes is 1. The topological polar surface area (TPSA) is 99.3 Å². The molecule has 132 valence electrons. The van der Waals surface area contributed by atoms with Crippen LogP contribution in [-0.4, -0.2) is 39.0 Å². The van der Waals surface area contributed by atoms with Crippen LogP contribution in [0.4, 0.5) is 0 Å². The number of hydrogen-bond acceptors (Lipinski definition) is 7. The fraction of sp³-hybridized carbons (Fsp3) is 0.188. The molecule has 0 fully saturated rings. The van der Waals surface area contributed by atoms with Gasteiger partial charge in [-0.3, -0.25) is 4.79 Å². The predicted molar refractivity (Wildman–Crippen MR) is 91.7 cm³/mol. The number of rotatable bonds is 6. The lowest BCUT2D eigenvalue weighted by Crippen LogP contribution is -2.06. The Morgan fingerprint density at radius 3 is 2.56 bits per heavy atom. The lowest BCUT2D eigenvalue weighted by Gasteiger charge is -2.03. The van der Waals surface area contributed by atoms with Gasteiger partial charge in [-0.1, -0.05) is 5.16 Å². The molecule has 0 aliphatic carbocycles. The van der Waals surface area contributed by atoms with Gasteiger partial charge in [0.05, 0.1) is 17.7 Å². The van der Waals surface area contributed by atoms with Crippen LogP contribution in [-0.2, 0) is 17.5 Å². The van der Waals surface area contributed by atoms with E-state index >= 15 is 0 Å². The first-order valence-corrected chi connectivity index (χ1v) is 8.39. The number of hydrogen-bond donors (Lipinski definition) is 1. The Balaban J connectivity index is 0.000000236. The number of ether oxygens (including phenoxy) is 1. The first kappa shape index (κ1) is 18.6. The van der Waals surface area contributed by atoms with Crippen LogP contribution in [0.3, 0.4) is 0 Å². The Morgan fingerprint density at radius 1 is 1.28 bits per heavy atom. The maximum atomic E-state index is 12.0. The number of nitrogens with one attached hydrogen (secondary N) is 1. The number of benzene rings is 1. The number of aromatic nitrogens is 3. The van der Waals surface area contributed by atoms with Crippen molar-refractivity contribution in [1.29, 1.82) is 0 Å². The molecule has 1 atom stereocenters. The molecule has 0 amide bonds. The molecule has 1 N–H and O–H groups in total. The highest BCUT2D eigenvalue weighted by molar-refractivity contribution is 7.83. The Kier molecular flexibility index (Phi) is 7.05. The van der Waals surface area contributed by atoms with Gasteiger partial charge in [0.2, 0.25) is 0 Å². The van der Waals surface area contributed by atoms with Crippen LogP contribution in [0.2, 0.25) is 0 Å². The second kappa shape index (κ2) is 9.50. The van der Waals surface area contributed by atoms with E-state index in [4.69, 9.17) is 4.74 Å². The minimum atomic E-state index is -1.45. The Hall–Kier alpha value is -2.78. The van der Waals surface area contributed by atoms with Gasteiger partial charge in [-0.25, -0.2) is 4.21 Å².